The van der Waals surface area contributed by atoms with Crippen LogP contribution >= 0.6 is 0 Å². The van der Waals surface area contributed by atoms with Crippen LogP contribution in [0.2, 0.25) is 0 Å². The number of benzene rings is 7. The second kappa shape index (κ2) is 11.4. The third-order valence-corrected chi connectivity index (χ3v) is 9.76. The zero-order valence-corrected chi connectivity index (χ0v) is 27.1. The van der Waals surface area contributed by atoms with Crippen molar-refractivity contribution in [3.8, 4) is 0 Å². The Hall–Kier alpha value is -6.00. The third kappa shape index (κ3) is 4.52. The second-order valence-corrected chi connectivity index (χ2v) is 12.8. The molecule has 0 fully saturated rings. The summed E-state index contributed by atoms with van der Waals surface area (Å²) < 4.78 is 0. The molecule has 0 unspecified atom stereocenters. The SMILES string of the molecule is Cc1ccc(N(c2ccc(C)cc2)c2ccc3c(c2)N(c2ccccc2)c2cccc4c2B3c2ccccc2N4c2ccccc2)cc1. The van der Waals surface area contributed by atoms with Crippen molar-refractivity contribution < 1.29 is 0 Å². The first kappa shape index (κ1) is 28.2. The normalized spacial score (nSPS) is 12.7. The molecule has 0 N–H and O–H groups in total. The number of aryl methyl sites for hydroxylation is 2. The van der Waals surface area contributed by atoms with Gasteiger partial charge in [-0.1, -0.05) is 102 Å². The molecule has 228 valence electrons. The molecule has 9 rings (SSSR count). The lowest BCUT2D eigenvalue weighted by Crippen LogP contribution is -2.61. The molecule has 48 heavy (non-hydrogen) atoms. The van der Waals surface area contributed by atoms with Gasteiger partial charge < -0.3 is 14.7 Å². The monoisotopic (exact) mass is 615 g/mol. The molecule has 2 aliphatic heterocycles. The molecule has 0 aliphatic carbocycles. The minimum Gasteiger partial charge on any atom is -0.311 e. The Morgan fingerprint density at radius 1 is 0.396 bits per heavy atom. The van der Waals surface area contributed by atoms with Gasteiger partial charge in [0.05, 0.1) is 0 Å². The minimum atomic E-state index is 0.0866. The summed E-state index contributed by atoms with van der Waals surface area (Å²) in [6, 6.07) is 62.0. The number of hydrogen-bond acceptors (Lipinski definition) is 3. The van der Waals surface area contributed by atoms with Gasteiger partial charge in [0, 0.05) is 51.2 Å². The highest BCUT2D eigenvalue weighted by molar-refractivity contribution is 7.00. The number of hydrogen-bond donors (Lipinski definition) is 0. The Kier molecular flexibility index (Phi) is 6.68. The number of nitrogens with zero attached hydrogens (tertiary/aromatic N) is 3. The van der Waals surface area contributed by atoms with Gasteiger partial charge in [0.25, 0.3) is 6.71 Å². The highest BCUT2D eigenvalue weighted by atomic mass is 15.2. The molecule has 7 aromatic carbocycles. The van der Waals surface area contributed by atoms with Gasteiger partial charge in [0.1, 0.15) is 0 Å². The van der Waals surface area contributed by atoms with Gasteiger partial charge in [0.2, 0.25) is 0 Å². The average molecular weight is 616 g/mol. The summed E-state index contributed by atoms with van der Waals surface area (Å²) >= 11 is 0. The van der Waals surface area contributed by atoms with Gasteiger partial charge in [-0.25, -0.2) is 0 Å². The van der Waals surface area contributed by atoms with Crippen molar-refractivity contribution in [1.82, 2.24) is 0 Å². The van der Waals surface area contributed by atoms with E-state index in [2.05, 4.69) is 198 Å². The van der Waals surface area contributed by atoms with Gasteiger partial charge in [-0.15, -0.1) is 0 Å². The zero-order valence-electron chi connectivity index (χ0n) is 27.1. The quantitative estimate of drug-likeness (QED) is 0.179. The van der Waals surface area contributed by atoms with Crippen molar-refractivity contribution in [3.05, 3.63) is 181 Å². The maximum Gasteiger partial charge on any atom is 0.252 e. The lowest BCUT2D eigenvalue weighted by Gasteiger charge is -2.44. The van der Waals surface area contributed by atoms with Crippen molar-refractivity contribution in [3.63, 3.8) is 0 Å². The van der Waals surface area contributed by atoms with Crippen LogP contribution in [-0.4, -0.2) is 6.71 Å². The van der Waals surface area contributed by atoms with Crippen LogP contribution in [0.15, 0.2) is 170 Å². The molecular weight excluding hydrogens is 581 g/mol. The van der Waals surface area contributed by atoms with E-state index in [0.717, 1.165) is 28.4 Å². The fourth-order valence-electron chi connectivity index (χ4n) is 7.55. The van der Waals surface area contributed by atoms with Crippen molar-refractivity contribution >= 4 is 74.3 Å². The Balaban J connectivity index is 1.31. The first-order chi connectivity index (χ1) is 23.7. The zero-order chi connectivity index (χ0) is 32.2. The van der Waals surface area contributed by atoms with Crippen LogP contribution in [0, 0.1) is 13.8 Å². The molecule has 2 heterocycles. The molecule has 0 spiro atoms. The van der Waals surface area contributed by atoms with Gasteiger partial charge in [-0.2, -0.15) is 0 Å². The summed E-state index contributed by atoms with van der Waals surface area (Å²) in [5, 5.41) is 0. The molecular formula is C44H34BN3. The van der Waals surface area contributed by atoms with Crippen LogP contribution in [0.3, 0.4) is 0 Å². The molecule has 7 aromatic rings. The Labute approximate surface area is 283 Å². The van der Waals surface area contributed by atoms with Gasteiger partial charge in [0.15, 0.2) is 0 Å². The van der Waals surface area contributed by atoms with Crippen LogP contribution in [-0.2, 0) is 0 Å². The molecule has 0 aromatic heterocycles. The molecule has 0 atom stereocenters. The van der Waals surface area contributed by atoms with Crippen molar-refractivity contribution in [2.45, 2.75) is 13.8 Å². The highest BCUT2D eigenvalue weighted by Crippen LogP contribution is 2.45. The molecule has 0 saturated carbocycles. The molecule has 0 saturated heterocycles. The average Bonchev–Trinajstić information content (AvgIpc) is 3.14. The largest absolute Gasteiger partial charge is 0.311 e. The first-order valence-corrected chi connectivity index (χ1v) is 16.7. The summed E-state index contributed by atoms with van der Waals surface area (Å²) in [5.41, 5.74) is 17.0. The Morgan fingerprint density at radius 3 is 1.44 bits per heavy atom. The predicted molar refractivity (Wildman–Crippen MR) is 205 cm³/mol. The van der Waals surface area contributed by atoms with E-state index in [-0.39, 0.29) is 6.71 Å². The molecule has 3 nitrogen and oxygen atoms in total. The van der Waals surface area contributed by atoms with E-state index in [1.807, 2.05) is 0 Å². The summed E-state index contributed by atoms with van der Waals surface area (Å²) in [7, 11) is 0. The van der Waals surface area contributed by atoms with Crippen LogP contribution in [0.5, 0.6) is 0 Å². The van der Waals surface area contributed by atoms with Gasteiger partial charge in [-0.05, 0) is 109 Å². The standard InChI is InChI=1S/C44H34BN3/c1-31-20-24-35(25-21-31)46(36-26-22-32(2)23-27-36)37-28-29-39-43(30-37)48(34-14-7-4-8-15-34)42-19-11-18-41-44(42)45(39)38-16-9-10-17-40(38)47(41)33-12-5-3-6-13-33/h3-30H,1-2H3. The fourth-order valence-corrected chi connectivity index (χ4v) is 7.55. The first-order valence-electron chi connectivity index (χ1n) is 16.7. The highest BCUT2D eigenvalue weighted by Gasteiger charge is 2.43. The lowest BCUT2D eigenvalue weighted by molar-refractivity contribution is 1.24. The lowest BCUT2D eigenvalue weighted by atomic mass is 9.33. The fraction of sp³-hybridized carbons (Fsp3) is 0.0455. The van der Waals surface area contributed by atoms with E-state index in [4.69, 9.17) is 0 Å². The second-order valence-electron chi connectivity index (χ2n) is 12.8. The molecule has 0 radical (unpaired) electrons. The van der Waals surface area contributed by atoms with Crippen molar-refractivity contribution in [2.75, 3.05) is 14.7 Å². The van der Waals surface area contributed by atoms with Gasteiger partial charge in [-0.3, -0.25) is 0 Å². The van der Waals surface area contributed by atoms with E-state index in [9.17, 15) is 0 Å². The molecule has 2 aliphatic rings. The van der Waals surface area contributed by atoms with E-state index in [1.165, 1.54) is 50.3 Å². The van der Waals surface area contributed by atoms with Crippen LogP contribution < -0.4 is 31.1 Å². The Bertz CT molecular complexity index is 2220. The van der Waals surface area contributed by atoms with E-state index in [1.54, 1.807) is 0 Å². The van der Waals surface area contributed by atoms with Crippen LogP contribution in [0.1, 0.15) is 11.1 Å². The number of anilines is 9. The van der Waals surface area contributed by atoms with Crippen molar-refractivity contribution in [1.29, 1.82) is 0 Å². The van der Waals surface area contributed by atoms with E-state index < -0.39 is 0 Å². The van der Waals surface area contributed by atoms with Crippen LogP contribution in [0.4, 0.5) is 51.2 Å². The van der Waals surface area contributed by atoms with Gasteiger partial charge >= 0.3 is 0 Å². The topological polar surface area (TPSA) is 9.72 Å². The van der Waals surface area contributed by atoms with Crippen LogP contribution in [0.25, 0.3) is 0 Å². The van der Waals surface area contributed by atoms with E-state index >= 15 is 0 Å². The number of para-hydroxylation sites is 3. The number of fused-ring (bicyclic) bond motifs is 4. The minimum absolute atomic E-state index is 0.0866. The molecule has 0 bridgehead atoms. The summed E-state index contributed by atoms with van der Waals surface area (Å²) in [5.74, 6) is 0. The summed E-state index contributed by atoms with van der Waals surface area (Å²) in [6.45, 7) is 4.37. The molecule has 0 amide bonds. The Morgan fingerprint density at radius 2 is 0.854 bits per heavy atom. The van der Waals surface area contributed by atoms with Crippen molar-refractivity contribution in [2.24, 2.45) is 0 Å². The molecule has 4 heteroatoms. The van der Waals surface area contributed by atoms with E-state index in [0.29, 0.717) is 0 Å². The maximum atomic E-state index is 2.47. The summed E-state index contributed by atoms with van der Waals surface area (Å²) in [6.07, 6.45) is 0. The number of rotatable bonds is 5. The maximum absolute atomic E-state index is 2.47. The smallest absolute Gasteiger partial charge is 0.252 e. The predicted octanol–water partition coefficient (Wildman–Crippen LogP) is 9.86. The third-order valence-electron chi connectivity index (χ3n) is 9.76. The summed E-state index contributed by atoms with van der Waals surface area (Å²) in [4.78, 5) is 7.28.